The third-order valence-electron chi connectivity index (χ3n) is 3.04. The van der Waals surface area contributed by atoms with Crippen molar-refractivity contribution in [3.63, 3.8) is 0 Å². The molecule has 0 radical (unpaired) electrons. The van der Waals surface area contributed by atoms with Crippen molar-refractivity contribution in [1.82, 2.24) is 5.32 Å². The summed E-state index contributed by atoms with van der Waals surface area (Å²) in [6, 6.07) is 10.3. The van der Waals surface area contributed by atoms with Gasteiger partial charge in [0.1, 0.15) is 11.6 Å². The first-order valence-corrected chi connectivity index (χ1v) is 7.71. The Bertz CT molecular complexity index is 596. The molecule has 2 nitrogen and oxygen atoms in total. The van der Waals surface area contributed by atoms with Gasteiger partial charge in [0.2, 0.25) is 0 Å². The predicted octanol–water partition coefficient (Wildman–Crippen LogP) is 4.91. The molecule has 2 aromatic rings. The van der Waals surface area contributed by atoms with Crippen molar-refractivity contribution in [2.75, 3.05) is 0 Å². The van der Waals surface area contributed by atoms with Crippen LogP contribution in [0, 0.1) is 5.82 Å². The van der Waals surface area contributed by atoms with Crippen molar-refractivity contribution in [3.05, 3.63) is 62.3 Å². The highest BCUT2D eigenvalue weighted by Crippen LogP contribution is 2.33. The summed E-state index contributed by atoms with van der Waals surface area (Å²) in [7, 11) is 0. The largest absolute Gasteiger partial charge is 0.506 e. The highest BCUT2D eigenvalue weighted by Gasteiger charge is 2.09. The molecule has 5 heteroatoms. The van der Waals surface area contributed by atoms with Gasteiger partial charge in [0.05, 0.1) is 8.95 Å². The summed E-state index contributed by atoms with van der Waals surface area (Å²) in [6.07, 6.45) is 0. The summed E-state index contributed by atoms with van der Waals surface area (Å²) in [5.74, 6) is -0.0433. The molecule has 0 aromatic heterocycles. The van der Waals surface area contributed by atoms with E-state index in [1.54, 1.807) is 6.07 Å². The molecule has 0 aliphatic heterocycles. The van der Waals surface area contributed by atoms with Gasteiger partial charge in [-0.05, 0) is 74.2 Å². The average Bonchev–Trinajstić information content (AvgIpc) is 2.42. The van der Waals surface area contributed by atoms with Crippen molar-refractivity contribution in [2.24, 2.45) is 0 Å². The minimum absolute atomic E-state index is 0.0389. The van der Waals surface area contributed by atoms with Crippen LogP contribution in [0.4, 0.5) is 4.39 Å². The van der Waals surface area contributed by atoms with Crippen molar-refractivity contribution >= 4 is 31.9 Å². The quantitative estimate of drug-likeness (QED) is 0.761. The third kappa shape index (κ3) is 3.81. The second-order valence-corrected chi connectivity index (χ2v) is 6.27. The number of nitrogens with one attached hydrogen (secondary N) is 1. The molecule has 0 bridgehead atoms. The molecule has 0 spiro atoms. The molecule has 106 valence electrons. The van der Waals surface area contributed by atoms with E-state index >= 15 is 0 Å². The Morgan fingerprint density at radius 2 is 1.85 bits per heavy atom. The third-order valence-corrected chi connectivity index (χ3v) is 4.25. The maximum atomic E-state index is 13.2. The highest BCUT2D eigenvalue weighted by molar-refractivity contribution is 9.11. The van der Waals surface area contributed by atoms with Gasteiger partial charge in [-0.3, -0.25) is 0 Å². The molecule has 20 heavy (non-hydrogen) atoms. The molecule has 0 aliphatic carbocycles. The Morgan fingerprint density at radius 3 is 2.45 bits per heavy atom. The second-order valence-electron chi connectivity index (χ2n) is 4.57. The lowest BCUT2D eigenvalue weighted by molar-refractivity contribution is 0.467. The van der Waals surface area contributed by atoms with Crippen molar-refractivity contribution in [1.29, 1.82) is 0 Å². The number of phenols is 1. The molecule has 0 saturated heterocycles. The van der Waals surface area contributed by atoms with E-state index in [4.69, 9.17) is 0 Å². The van der Waals surface area contributed by atoms with Gasteiger partial charge in [-0.25, -0.2) is 4.39 Å². The number of hydrogen-bond donors (Lipinski definition) is 2. The van der Waals surface area contributed by atoms with Gasteiger partial charge in [-0.2, -0.15) is 0 Å². The van der Waals surface area contributed by atoms with Gasteiger partial charge < -0.3 is 10.4 Å². The molecule has 1 unspecified atom stereocenters. The molecule has 0 amide bonds. The molecule has 0 saturated carbocycles. The summed E-state index contributed by atoms with van der Waals surface area (Å²) >= 11 is 6.60. The van der Waals surface area contributed by atoms with E-state index < -0.39 is 0 Å². The van der Waals surface area contributed by atoms with Gasteiger partial charge in [0.15, 0.2) is 0 Å². The molecule has 1 atom stereocenters. The second kappa shape index (κ2) is 6.70. The zero-order valence-electron chi connectivity index (χ0n) is 10.8. The minimum atomic E-state index is -0.230. The lowest BCUT2D eigenvalue weighted by atomic mass is 10.1. The van der Waals surface area contributed by atoms with Gasteiger partial charge >= 0.3 is 0 Å². The van der Waals surface area contributed by atoms with Gasteiger partial charge in [0.25, 0.3) is 0 Å². The van der Waals surface area contributed by atoms with Crippen LogP contribution in [0.3, 0.4) is 0 Å². The minimum Gasteiger partial charge on any atom is -0.506 e. The molecule has 0 heterocycles. The molecular formula is C15H14Br2FNO. The number of halogens is 3. The fourth-order valence-electron chi connectivity index (χ4n) is 1.88. The van der Waals surface area contributed by atoms with Gasteiger partial charge in [0, 0.05) is 12.6 Å². The highest BCUT2D eigenvalue weighted by atomic mass is 79.9. The summed E-state index contributed by atoms with van der Waals surface area (Å²) in [6.45, 7) is 2.61. The van der Waals surface area contributed by atoms with Crippen LogP contribution < -0.4 is 5.32 Å². The summed E-state index contributed by atoms with van der Waals surface area (Å²) in [5.41, 5.74) is 1.92. The van der Waals surface area contributed by atoms with E-state index in [1.165, 1.54) is 12.1 Å². The maximum Gasteiger partial charge on any atom is 0.143 e. The SMILES string of the molecule is CC(NCc1cc(Br)c(O)c(Br)c1)c1cccc(F)c1. The fourth-order valence-corrected chi connectivity index (χ4v) is 3.17. The number of aromatic hydroxyl groups is 1. The normalized spacial score (nSPS) is 12.4. The molecular weight excluding hydrogens is 389 g/mol. The first-order chi connectivity index (χ1) is 9.47. The van der Waals surface area contributed by atoms with Crippen LogP contribution in [0.5, 0.6) is 5.75 Å². The lowest BCUT2D eigenvalue weighted by Gasteiger charge is -2.15. The Kier molecular flexibility index (Phi) is 5.18. The van der Waals surface area contributed by atoms with E-state index in [9.17, 15) is 9.50 Å². The van der Waals surface area contributed by atoms with Crippen LogP contribution in [0.15, 0.2) is 45.3 Å². The van der Waals surface area contributed by atoms with Crippen molar-refractivity contribution in [2.45, 2.75) is 19.5 Å². The number of hydrogen-bond acceptors (Lipinski definition) is 2. The Balaban J connectivity index is 2.05. The maximum absolute atomic E-state index is 13.2. The summed E-state index contributed by atoms with van der Waals surface area (Å²) < 4.78 is 14.5. The van der Waals surface area contributed by atoms with Crippen molar-refractivity contribution < 1.29 is 9.50 Å². The topological polar surface area (TPSA) is 32.3 Å². The Hall–Kier alpha value is -0.910. The van der Waals surface area contributed by atoms with E-state index in [1.807, 2.05) is 25.1 Å². The van der Waals surface area contributed by atoms with Crippen LogP contribution in [0.1, 0.15) is 24.1 Å². The Labute approximate surface area is 134 Å². The van der Waals surface area contributed by atoms with Crippen LogP contribution >= 0.6 is 31.9 Å². The van der Waals surface area contributed by atoms with Crippen LogP contribution in [0.25, 0.3) is 0 Å². The zero-order chi connectivity index (χ0) is 14.7. The van der Waals surface area contributed by atoms with E-state index in [-0.39, 0.29) is 17.6 Å². The van der Waals surface area contributed by atoms with Crippen LogP contribution in [-0.4, -0.2) is 5.11 Å². The van der Waals surface area contributed by atoms with Crippen LogP contribution in [-0.2, 0) is 6.54 Å². The Morgan fingerprint density at radius 1 is 1.20 bits per heavy atom. The van der Waals surface area contributed by atoms with E-state index in [0.717, 1.165) is 11.1 Å². The fraction of sp³-hybridized carbons (Fsp3) is 0.200. The standard InChI is InChI=1S/C15H14Br2FNO/c1-9(11-3-2-4-12(18)7-11)19-8-10-5-13(16)15(20)14(17)6-10/h2-7,9,19-20H,8H2,1H3. The summed E-state index contributed by atoms with van der Waals surface area (Å²) in [4.78, 5) is 0. The smallest absolute Gasteiger partial charge is 0.143 e. The van der Waals surface area contributed by atoms with Gasteiger partial charge in [-0.15, -0.1) is 0 Å². The van der Waals surface area contributed by atoms with E-state index in [0.29, 0.717) is 15.5 Å². The first kappa shape index (κ1) is 15.5. The molecule has 2 aromatic carbocycles. The molecule has 2 rings (SSSR count). The average molecular weight is 403 g/mol. The van der Waals surface area contributed by atoms with Crippen molar-refractivity contribution in [3.8, 4) is 5.75 Å². The molecule has 0 fully saturated rings. The molecule has 0 aliphatic rings. The van der Waals surface area contributed by atoms with Gasteiger partial charge in [-0.1, -0.05) is 12.1 Å². The number of rotatable bonds is 4. The number of phenolic OH excluding ortho intramolecular Hbond substituents is 1. The van der Waals surface area contributed by atoms with E-state index in [2.05, 4.69) is 37.2 Å². The first-order valence-electron chi connectivity index (χ1n) is 6.13. The summed E-state index contributed by atoms with van der Waals surface area (Å²) in [5, 5.41) is 13.0. The van der Waals surface area contributed by atoms with Crippen LogP contribution in [0.2, 0.25) is 0 Å². The number of benzene rings is 2. The monoisotopic (exact) mass is 401 g/mol. The zero-order valence-corrected chi connectivity index (χ0v) is 14.0. The predicted molar refractivity (Wildman–Crippen MR) is 85.2 cm³/mol. The lowest BCUT2D eigenvalue weighted by Crippen LogP contribution is -2.18. The molecule has 2 N–H and O–H groups in total.